The lowest BCUT2D eigenvalue weighted by Crippen LogP contribution is -2.14. The van der Waals surface area contributed by atoms with Gasteiger partial charge in [-0.05, 0) is 156 Å². The Kier molecular flexibility index (Phi) is 35.0. The van der Waals surface area contributed by atoms with E-state index >= 15 is 0 Å². The molecule has 7 aromatic rings. The zero-order valence-corrected chi connectivity index (χ0v) is 71.6. The maximum absolute atomic E-state index is 5.54. The lowest BCUT2D eigenvalue weighted by atomic mass is 9.84. The molecule has 12 rings (SSSR count). The maximum atomic E-state index is 5.54. The second-order valence-electron chi connectivity index (χ2n) is 37.9. The van der Waals surface area contributed by atoms with Crippen molar-refractivity contribution in [1.82, 2.24) is 39.9 Å². The Morgan fingerprint density at radius 2 is 1.00 bits per heavy atom. The third kappa shape index (κ3) is 35.3. The first-order valence-electron chi connectivity index (χ1n) is 38.0. The van der Waals surface area contributed by atoms with Crippen molar-refractivity contribution < 1.29 is 0 Å². The predicted octanol–water partition coefficient (Wildman–Crippen LogP) is 24.1. The molecule has 0 atom stereocenters. The zero-order valence-electron chi connectivity index (χ0n) is 71.6. The molecule has 0 unspecified atom stereocenters. The van der Waals surface area contributed by atoms with Crippen LogP contribution in [-0.4, -0.2) is 71.6 Å². The van der Waals surface area contributed by atoms with Gasteiger partial charge in [-0.2, -0.15) is 0 Å². The summed E-state index contributed by atoms with van der Waals surface area (Å²) in [5, 5.41) is 0. The molecule has 2 aliphatic carbocycles. The van der Waals surface area contributed by atoms with Crippen molar-refractivity contribution in [2.24, 2.45) is 36.6 Å². The molecule has 106 heavy (non-hydrogen) atoms. The lowest BCUT2D eigenvalue weighted by Gasteiger charge is -2.21. The average Bonchev–Trinajstić information content (AvgIpc) is 1.63. The van der Waals surface area contributed by atoms with Gasteiger partial charge in [0.05, 0.1) is 24.5 Å². The molecule has 5 aliphatic rings. The number of hydrogen-bond donors (Lipinski definition) is 1. The average molecular weight is 1440 g/mol. The van der Waals surface area contributed by atoms with E-state index in [1.165, 1.54) is 67.2 Å². The summed E-state index contributed by atoms with van der Waals surface area (Å²) in [5.41, 5.74) is 25.8. The Morgan fingerprint density at radius 3 is 1.41 bits per heavy atom. The predicted molar refractivity (Wildman–Crippen MR) is 460 cm³/mol. The second kappa shape index (κ2) is 40.4. The lowest BCUT2D eigenvalue weighted by molar-refractivity contribution is 0.416. The van der Waals surface area contributed by atoms with Crippen molar-refractivity contribution in [2.45, 2.75) is 273 Å². The van der Waals surface area contributed by atoms with E-state index in [2.05, 4.69) is 335 Å². The number of hydrogen-bond acceptors (Lipinski definition) is 12. The Morgan fingerprint density at radius 1 is 0.415 bits per heavy atom. The first-order chi connectivity index (χ1) is 48.8. The highest BCUT2D eigenvalue weighted by Gasteiger charge is 2.26. The van der Waals surface area contributed by atoms with Crippen molar-refractivity contribution in [3.63, 3.8) is 0 Å². The monoisotopic (exact) mass is 1440 g/mol. The van der Waals surface area contributed by atoms with Crippen molar-refractivity contribution in [1.29, 1.82) is 0 Å². The van der Waals surface area contributed by atoms with Gasteiger partial charge in [0, 0.05) is 127 Å². The molecule has 0 aromatic carbocycles. The third-order valence-electron chi connectivity index (χ3n) is 17.0. The summed E-state index contributed by atoms with van der Waals surface area (Å²) in [6.45, 7) is 69.6. The van der Waals surface area contributed by atoms with Crippen LogP contribution in [0.25, 0.3) is 11.6 Å². The Balaban J connectivity index is 0.000000306. The molecule has 2 N–H and O–H groups in total. The van der Waals surface area contributed by atoms with Crippen LogP contribution in [0.5, 0.6) is 0 Å². The summed E-state index contributed by atoms with van der Waals surface area (Å²) < 4.78 is 0. The smallest absolute Gasteiger partial charge is 0.133 e. The van der Waals surface area contributed by atoms with Gasteiger partial charge in [-0.1, -0.05) is 268 Å². The van der Waals surface area contributed by atoms with Crippen LogP contribution in [-0.2, 0) is 45.3 Å². The highest BCUT2D eigenvalue weighted by atomic mass is 14.9. The molecular formula is C94H138N12. The number of aliphatic imine (C=N–C) groups is 3. The molecule has 3 aliphatic heterocycles. The summed E-state index contributed by atoms with van der Waals surface area (Å²) in [6.07, 6.45) is 39.9. The van der Waals surface area contributed by atoms with E-state index in [4.69, 9.17) is 5.73 Å². The molecule has 12 nitrogen and oxygen atoms in total. The maximum Gasteiger partial charge on any atom is 0.133 e. The molecule has 0 fully saturated rings. The van der Waals surface area contributed by atoms with Gasteiger partial charge in [0.2, 0.25) is 0 Å². The number of pyridine rings is 6. The van der Waals surface area contributed by atoms with Crippen LogP contribution in [0.3, 0.4) is 0 Å². The van der Waals surface area contributed by atoms with E-state index < -0.39 is 0 Å². The molecule has 0 spiro atoms. The Bertz CT molecular complexity index is 3840. The van der Waals surface area contributed by atoms with Crippen molar-refractivity contribution in [3.8, 4) is 0 Å². The molecule has 12 heteroatoms. The second-order valence-corrected chi connectivity index (χ2v) is 37.9. The van der Waals surface area contributed by atoms with Crippen molar-refractivity contribution >= 4 is 36.1 Å². The number of nitrogen functional groups attached to an aromatic ring is 1. The van der Waals surface area contributed by atoms with Crippen LogP contribution in [0.2, 0.25) is 0 Å². The largest absolute Gasteiger partial charge is 0.384 e. The number of fused-ring (bicyclic) bond motifs is 2. The Hall–Kier alpha value is -8.51. The quantitative estimate of drug-likeness (QED) is 0.168. The Labute approximate surface area is 644 Å². The molecule has 0 saturated heterocycles. The number of nitrogens with zero attached hydrogens (tertiary/aromatic N) is 11. The number of rotatable bonds is 1. The molecule has 574 valence electrons. The van der Waals surface area contributed by atoms with Gasteiger partial charge in [-0.25, -0.2) is 15.0 Å². The number of allylic oxidation sites excluding steroid dienone is 7. The highest BCUT2D eigenvalue weighted by molar-refractivity contribution is 5.82. The molecular weight excluding hydrogens is 1300 g/mol. The van der Waals surface area contributed by atoms with E-state index in [-0.39, 0.29) is 43.3 Å². The fourth-order valence-electron chi connectivity index (χ4n) is 10.6. The molecule has 10 heterocycles. The standard InChI is InChI=1S/2C12H15N.C10H15N.C9H14N2.C9H15N.2C9H13N.C8H12N2.2C8H13N/c1-12(2,3)10-6-7-11-9(10)5-4-8-13-11;1-12(2,3)10-7-8-13-11-6-4-5-9(10)11;1-8-5-6-9(7-11-8)10(2,3)4;1-9(2,3)7-4-5-11-8(10)6-7;1-9(2,3)6-8-4-5-10-7-8;1-9(2,3)8-5-4-6-10-7-8;1-9(2,3)8-6-4-5-7-10-8;1-8(2,3)7-9-5-4-6-10-7;1-8(2,3)7-4-5-9-6-7;1-8(2,3)7-5-4-6-9-7/h4-6,8H,7H2,1-3H3;4-5,7-8H,6H2,1-3H3;5-7H,1-4H3;4-6H,1-3H3,(H2,10,11);4,7H,5-6H2,1-3H3;2*4-7H,1-3H3;4-6H,1-3H3;4,6H,5H2,1-3H3;5-6H,4H2,1-3H3. The topological polar surface area (TPSA) is 166 Å². The van der Waals surface area contributed by atoms with Gasteiger partial charge >= 0.3 is 0 Å². The minimum Gasteiger partial charge on any atom is -0.384 e. The van der Waals surface area contributed by atoms with E-state index in [0.29, 0.717) is 16.6 Å². The number of aryl methyl sites for hydroxylation is 1. The molecule has 0 amide bonds. The van der Waals surface area contributed by atoms with Crippen molar-refractivity contribution in [2.75, 3.05) is 18.8 Å². The molecule has 7 aromatic heterocycles. The first kappa shape index (κ1) is 91.7. The van der Waals surface area contributed by atoms with Gasteiger partial charge in [-0.15, -0.1) is 0 Å². The fraction of sp³-hybridized carbons (Fsp3) is 0.500. The minimum absolute atomic E-state index is 0.0707. The summed E-state index contributed by atoms with van der Waals surface area (Å²) in [6, 6.07) is 26.4. The minimum atomic E-state index is 0.0707. The van der Waals surface area contributed by atoms with E-state index in [0.717, 1.165) is 56.0 Å². The summed E-state index contributed by atoms with van der Waals surface area (Å²) in [5.74, 6) is 1.49. The summed E-state index contributed by atoms with van der Waals surface area (Å²) in [7, 11) is 0. The number of anilines is 1. The van der Waals surface area contributed by atoms with E-state index in [1.54, 1.807) is 24.8 Å². The van der Waals surface area contributed by atoms with Gasteiger partial charge in [0.1, 0.15) is 11.6 Å². The van der Waals surface area contributed by atoms with Crippen LogP contribution >= 0.6 is 0 Å². The molecule has 0 saturated carbocycles. The van der Waals surface area contributed by atoms with E-state index in [9.17, 15) is 0 Å². The van der Waals surface area contributed by atoms with Gasteiger partial charge in [0.25, 0.3) is 0 Å². The third-order valence-corrected chi connectivity index (χ3v) is 17.0. The number of nitrogens with two attached hydrogens (primary N) is 1. The normalized spacial score (nSPS) is 14.1. The van der Waals surface area contributed by atoms with Gasteiger partial charge in [0.15, 0.2) is 0 Å². The van der Waals surface area contributed by atoms with Crippen LogP contribution < -0.4 is 5.73 Å². The molecule has 0 bridgehead atoms. The zero-order chi connectivity index (χ0) is 80.2. The van der Waals surface area contributed by atoms with Crippen LogP contribution in [0.15, 0.2) is 197 Å². The van der Waals surface area contributed by atoms with Gasteiger partial charge in [-0.3, -0.25) is 39.9 Å². The summed E-state index contributed by atoms with van der Waals surface area (Å²) in [4.78, 5) is 46.0. The fourth-order valence-corrected chi connectivity index (χ4v) is 10.6. The molecule has 0 radical (unpaired) electrons. The highest BCUT2D eigenvalue weighted by Crippen LogP contribution is 2.39. The van der Waals surface area contributed by atoms with Crippen LogP contribution in [0.4, 0.5) is 5.82 Å². The van der Waals surface area contributed by atoms with Crippen molar-refractivity contribution in [3.05, 3.63) is 244 Å². The van der Waals surface area contributed by atoms with E-state index in [1.807, 2.05) is 99.0 Å². The summed E-state index contributed by atoms with van der Waals surface area (Å²) >= 11 is 0. The van der Waals surface area contributed by atoms with Crippen LogP contribution in [0, 0.1) is 28.6 Å². The van der Waals surface area contributed by atoms with Gasteiger partial charge < -0.3 is 5.73 Å². The SMILES string of the molecule is CC(C)(C)C1=CCC=N1.CC(C)(C)C1=CCN=C1.CC(C)(C)C1=CCc2ncccc21.CC(C)(C)CC1=CCN=C1.CC(C)(C)c1ccccn1.CC(C)(C)c1cccnc1.CC(C)(C)c1ccnc(N)c1.CC(C)(C)c1ccnc2c1C=CC2.CC(C)(C)c1ncccn1.Cc1ccc(C(C)(C)C)cn1. The number of aromatic nitrogens is 8. The first-order valence-corrected chi connectivity index (χ1v) is 38.0. The van der Waals surface area contributed by atoms with Crippen LogP contribution in [0.1, 0.15) is 283 Å².